The van der Waals surface area contributed by atoms with Gasteiger partial charge in [0.15, 0.2) is 0 Å². The van der Waals surface area contributed by atoms with Gasteiger partial charge in [-0.25, -0.2) is 0 Å². The summed E-state index contributed by atoms with van der Waals surface area (Å²) in [6, 6.07) is 0. The van der Waals surface area contributed by atoms with Crippen molar-refractivity contribution < 1.29 is 4.79 Å². The minimum atomic E-state index is 0.307. The summed E-state index contributed by atoms with van der Waals surface area (Å²) in [7, 11) is 0. The van der Waals surface area contributed by atoms with E-state index in [2.05, 4.69) is 13.8 Å². The van der Waals surface area contributed by atoms with E-state index in [0.717, 1.165) is 18.1 Å². The van der Waals surface area contributed by atoms with Crippen LogP contribution in [0.15, 0.2) is 0 Å². The minimum absolute atomic E-state index is 0.307. The lowest BCUT2D eigenvalue weighted by atomic mass is 10.2. The highest BCUT2D eigenvalue weighted by Crippen LogP contribution is 2.11. The van der Waals surface area contributed by atoms with Crippen LogP contribution in [-0.2, 0) is 4.79 Å². The normalized spacial score (nSPS) is 13.0. The van der Waals surface area contributed by atoms with Gasteiger partial charge in [0, 0.05) is 12.2 Å². The molecule has 0 aliphatic carbocycles. The third-order valence-corrected chi connectivity index (χ3v) is 3.00. The van der Waals surface area contributed by atoms with Crippen LogP contribution in [0.25, 0.3) is 0 Å². The molecule has 1 unspecified atom stereocenters. The first-order valence-corrected chi connectivity index (χ1v) is 5.39. The second-order valence-corrected chi connectivity index (χ2v) is 4.19. The van der Waals surface area contributed by atoms with Gasteiger partial charge < -0.3 is 0 Å². The largest absolute Gasteiger partial charge is 0.300 e. The third-order valence-electron chi connectivity index (χ3n) is 1.70. The molecule has 0 bridgehead atoms. The van der Waals surface area contributed by atoms with Crippen LogP contribution >= 0.6 is 11.8 Å². The fraction of sp³-hybridized carbons (Fsp3) is 0.889. The van der Waals surface area contributed by atoms with Gasteiger partial charge in [-0.05, 0) is 18.6 Å². The molecule has 0 aromatic rings. The molecule has 0 spiro atoms. The average molecular weight is 174 g/mol. The SMILES string of the molecule is CCC(C)CSCCC(C)=O. The van der Waals surface area contributed by atoms with Crippen molar-refractivity contribution in [2.24, 2.45) is 5.92 Å². The summed E-state index contributed by atoms with van der Waals surface area (Å²) in [6.07, 6.45) is 1.98. The van der Waals surface area contributed by atoms with E-state index in [-0.39, 0.29) is 0 Å². The Morgan fingerprint density at radius 1 is 1.55 bits per heavy atom. The molecule has 0 radical (unpaired) electrons. The van der Waals surface area contributed by atoms with Gasteiger partial charge in [-0.3, -0.25) is 4.79 Å². The molecular formula is C9H18OS. The molecule has 66 valence electrons. The number of rotatable bonds is 6. The second kappa shape index (κ2) is 6.71. The van der Waals surface area contributed by atoms with Gasteiger partial charge in [-0.15, -0.1) is 0 Å². The lowest BCUT2D eigenvalue weighted by molar-refractivity contribution is -0.116. The second-order valence-electron chi connectivity index (χ2n) is 3.04. The van der Waals surface area contributed by atoms with Gasteiger partial charge in [0.05, 0.1) is 0 Å². The van der Waals surface area contributed by atoms with Gasteiger partial charge >= 0.3 is 0 Å². The molecule has 0 saturated carbocycles. The quantitative estimate of drug-likeness (QED) is 0.576. The van der Waals surface area contributed by atoms with Gasteiger partial charge in [-0.1, -0.05) is 20.3 Å². The Bertz CT molecular complexity index is 112. The molecule has 0 aromatic carbocycles. The first-order valence-electron chi connectivity index (χ1n) is 4.24. The van der Waals surface area contributed by atoms with Crippen molar-refractivity contribution in [3.8, 4) is 0 Å². The van der Waals surface area contributed by atoms with E-state index in [1.807, 2.05) is 11.8 Å². The molecule has 1 nitrogen and oxygen atoms in total. The number of Topliss-reactive ketones (excluding diaryl/α,β-unsaturated/α-hetero) is 1. The lowest BCUT2D eigenvalue weighted by Gasteiger charge is -2.05. The van der Waals surface area contributed by atoms with E-state index < -0.39 is 0 Å². The van der Waals surface area contributed by atoms with Crippen LogP contribution in [0.2, 0.25) is 0 Å². The van der Waals surface area contributed by atoms with Gasteiger partial charge in [0.2, 0.25) is 0 Å². The Kier molecular flexibility index (Phi) is 6.73. The Labute approximate surface area is 73.9 Å². The standard InChI is InChI=1S/C9H18OS/c1-4-8(2)7-11-6-5-9(3)10/h8H,4-7H2,1-3H3. The summed E-state index contributed by atoms with van der Waals surface area (Å²) in [5.74, 6) is 3.30. The molecule has 0 fully saturated rings. The van der Waals surface area contributed by atoms with Crippen LogP contribution < -0.4 is 0 Å². The zero-order valence-corrected chi connectivity index (χ0v) is 8.54. The Balaban J connectivity index is 3.08. The van der Waals surface area contributed by atoms with Crippen molar-refractivity contribution >= 4 is 17.5 Å². The maximum atomic E-state index is 10.5. The van der Waals surface area contributed by atoms with Crippen LogP contribution in [0.4, 0.5) is 0 Å². The fourth-order valence-electron chi connectivity index (χ4n) is 0.618. The van der Waals surface area contributed by atoms with E-state index in [1.165, 1.54) is 12.2 Å². The van der Waals surface area contributed by atoms with Crippen LogP contribution in [0.3, 0.4) is 0 Å². The van der Waals surface area contributed by atoms with Crippen LogP contribution in [0.5, 0.6) is 0 Å². The van der Waals surface area contributed by atoms with Crippen LogP contribution in [-0.4, -0.2) is 17.3 Å². The van der Waals surface area contributed by atoms with Crippen LogP contribution in [0.1, 0.15) is 33.6 Å². The molecule has 2 heteroatoms. The summed E-state index contributed by atoms with van der Waals surface area (Å²) in [6.45, 7) is 6.11. The number of hydrogen-bond acceptors (Lipinski definition) is 2. The van der Waals surface area contributed by atoms with E-state index in [1.54, 1.807) is 6.92 Å². The van der Waals surface area contributed by atoms with E-state index in [4.69, 9.17) is 0 Å². The van der Waals surface area contributed by atoms with Crippen molar-refractivity contribution in [3.63, 3.8) is 0 Å². The zero-order chi connectivity index (χ0) is 8.69. The number of carbonyl (C=O) groups is 1. The first-order chi connectivity index (χ1) is 5.16. The number of hydrogen-bond donors (Lipinski definition) is 0. The molecule has 0 rings (SSSR count). The highest BCUT2D eigenvalue weighted by molar-refractivity contribution is 7.99. The summed E-state index contributed by atoms with van der Waals surface area (Å²) in [5.41, 5.74) is 0. The highest BCUT2D eigenvalue weighted by Gasteiger charge is 1.99. The van der Waals surface area contributed by atoms with Gasteiger partial charge in [0.1, 0.15) is 5.78 Å². The number of thioether (sulfide) groups is 1. The summed E-state index contributed by atoms with van der Waals surface area (Å²) in [4.78, 5) is 10.5. The maximum Gasteiger partial charge on any atom is 0.130 e. The molecule has 0 aliphatic rings. The van der Waals surface area contributed by atoms with Gasteiger partial charge in [0.25, 0.3) is 0 Å². The zero-order valence-electron chi connectivity index (χ0n) is 7.72. The molecule has 11 heavy (non-hydrogen) atoms. The van der Waals surface area contributed by atoms with Crippen molar-refractivity contribution in [1.82, 2.24) is 0 Å². The minimum Gasteiger partial charge on any atom is -0.300 e. The molecule has 0 heterocycles. The van der Waals surface area contributed by atoms with Crippen molar-refractivity contribution in [2.45, 2.75) is 33.6 Å². The molecule has 0 aliphatic heterocycles. The Morgan fingerprint density at radius 2 is 2.18 bits per heavy atom. The Morgan fingerprint density at radius 3 is 2.64 bits per heavy atom. The van der Waals surface area contributed by atoms with E-state index >= 15 is 0 Å². The number of ketones is 1. The predicted molar refractivity (Wildman–Crippen MR) is 52.1 cm³/mol. The summed E-state index contributed by atoms with van der Waals surface area (Å²) in [5, 5.41) is 0. The predicted octanol–water partition coefficient (Wildman–Crippen LogP) is 2.74. The summed E-state index contributed by atoms with van der Waals surface area (Å²) >= 11 is 1.89. The molecule has 0 saturated heterocycles. The average Bonchev–Trinajstić information content (AvgIpc) is 1.97. The monoisotopic (exact) mass is 174 g/mol. The smallest absolute Gasteiger partial charge is 0.130 e. The fourth-order valence-corrected chi connectivity index (χ4v) is 1.85. The number of carbonyl (C=O) groups excluding carboxylic acids is 1. The van der Waals surface area contributed by atoms with Crippen molar-refractivity contribution in [3.05, 3.63) is 0 Å². The third kappa shape index (κ3) is 7.92. The topological polar surface area (TPSA) is 17.1 Å². The van der Waals surface area contributed by atoms with Crippen LogP contribution in [0, 0.1) is 5.92 Å². The summed E-state index contributed by atoms with van der Waals surface area (Å²) < 4.78 is 0. The van der Waals surface area contributed by atoms with Crippen molar-refractivity contribution in [1.29, 1.82) is 0 Å². The first kappa shape index (κ1) is 11.0. The molecule has 1 atom stereocenters. The molecule has 0 aromatic heterocycles. The van der Waals surface area contributed by atoms with Gasteiger partial charge in [-0.2, -0.15) is 11.8 Å². The van der Waals surface area contributed by atoms with E-state index in [0.29, 0.717) is 5.78 Å². The lowest BCUT2D eigenvalue weighted by Crippen LogP contribution is -1.98. The van der Waals surface area contributed by atoms with Crippen molar-refractivity contribution in [2.75, 3.05) is 11.5 Å². The molecule has 0 amide bonds. The molecular weight excluding hydrogens is 156 g/mol. The maximum absolute atomic E-state index is 10.5. The highest BCUT2D eigenvalue weighted by atomic mass is 32.2. The Hall–Kier alpha value is 0.0200. The molecule has 0 N–H and O–H groups in total. The van der Waals surface area contributed by atoms with E-state index in [9.17, 15) is 4.79 Å².